The van der Waals surface area contributed by atoms with Crippen LogP contribution in [0.15, 0.2) is 28.8 Å². The summed E-state index contributed by atoms with van der Waals surface area (Å²) in [5.74, 6) is 1.27. The summed E-state index contributed by atoms with van der Waals surface area (Å²) in [7, 11) is 1.37. The molecular formula is C17H19N3O3. The number of piperidine rings is 1. The molecule has 1 atom stereocenters. The van der Waals surface area contributed by atoms with Gasteiger partial charge in [0.25, 0.3) is 0 Å². The van der Waals surface area contributed by atoms with Gasteiger partial charge in [-0.15, -0.1) is 0 Å². The molecular weight excluding hydrogens is 294 g/mol. The Bertz CT molecular complexity index is 734. The van der Waals surface area contributed by atoms with Crippen molar-refractivity contribution in [3.8, 4) is 11.4 Å². The number of carbonyl (C=O) groups is 1. The largest absolute Gasteiger partial charge is 0.465 e. The Morgan fingerprint density at radius 3 is 3.00 bits per heavy atom. The molecule has 1 aromatic heterocycles. The van der Waals surface area contributed by atoms with E-state index >= 15 is 0 Å². The van der Waals surface area contributed by atoms with E-state index < -0.39 is 0 Å². The molecule has 1 saturated heterocycles. The first-order valence-corrected chi connectivity index (χ1v) is 7.95. The molecule has 1 N–H and O–H groups in total. The highest BCUT2D eigenvalue weighted by atomic mass is 16.5. The van der Waals surface area contributed by atoms with Crippen molar-refractivity contribution in [2.45, 2.75) is 25.2 Å². The monoisotopic (exact) mass is 313 g/mol. The summed E-state index contributed by atoms with van der Waals surface area (Å²) in [6.07, 6.45) is 3.49. The van der Waals surface area contributed by atoms with Crippen LogP contribution in [0.3, 0.4) is 0 Å². The minimum Gasteiger partial charge on any atom is -0.465 e. The fourth-order valence-electron chi connectivity index (χ4n) is 3.57. The van der Waals surface area contributed by atoms with E-state index in [1.165, 1.54) is 20.0 Å². The van der Waals surface area contributed by atoms with Gasteiger partial charge in [-0.2, -0.15) is 4.98 Å². The van der Waals surface area contributed by atoms with Crippen molar-refractivity contribution < 1.29 is 14.1 Å². The molecule has 4 rings (SSSR count). The highest BCUT2D eigenvalue weighted by Crippen LogP contribution is 2.63. The number of nitrogens with one attached hydrogen (secondary N) is 1. The van der Waals surface area contributed by atoms with E-state index in [9.17, 15) is 4.79 Å². The van der Waals surface area contributed by atoms with Gasteiger partial charge in [0.15, 0.2) is 0 Å². The molecule has 1 aliphatic carbocycles. The third-order valence-corrected chi connectivity index (χ3v) is 5.07. The molecule has 0 amide bonds. The zero-order chi connectivity index (χ0) is 15.9. The average Bonchev–Trinajstić information content (AvgIpc) is 3.07. The van der Waals surface area contributed by atoms with E-state index in [1.54, 1.807) is 18.2 Å². The van der Waals surface area contributed by atoms with Gasteiger partial charge in [-0.3, -0.25) is 0 Å². The highest BCUT2D eigenvalue weighted by Gasteiger charge is 2.57. The lowest BCUT2D eigenvalue weighted by Crippen LogP contribution is -2.29. The second kappa shape index (κ2) is 5.45. The van der Waals surface area contributed by atoms with Crippen LogP contribution >= 0.6 is 0 Å². The van der Waals surface area contributed by atoms with Crippen molar-refractivity contribution in [3.63, 3.8) is 0 Å². The summed E-state index contributed by atoms with van der Waals surface area (Å²) in [6.45, 7) is 2.14. The van der Waals surface area contributed by atoms with Crippen LogP contribution in [-0.2, 0) is 4.74 Å². The molecule has 6 heteroatoms. The second-order valence-electron chi connectivity index (χ2n) is 6.40. The van der Waals surface area contributed by atoms with Crippen LogP contribution in [0.25, 0.3) is 11.4 Å². The lowest BCUT2D eigenvalue weighted by Gasteiger charge is -2.22. The Morgan fingerprint density at radius 1 is 1.39 bits per heavy atom. The Kier molecular flexibility index (Phi) is 3.41. The first-order chi connectivity index (χ1) is 11.2. The highest BCUT2D eigenvalue weighted by molar-refractivity contribution is 5.90. The molecule has 23 heavy (non-hydrogen) atoms. The molecule has 1 spiro atoms. The molecule has 6 nitrogen and oxygen atoms in total. The fourth-order valence-corrected chi connectivity index (χ4v) is 3.57. The van der Waals surface area contributed by atoms with Gasteiger partial charge in [0.05, 0.1) is 12.7 Å². The SMILES string of the molecule is COC(=O)c1cccc(-c2noc(C3CC34CCNCC4)n2)c1. The second-order valence-corrected chi connectivity index (χ2v) is 6.40. The van der Waals surface area contributed by atoms with Crippen LogP contribution in [0.5, 0.6) is 0 Å². The molecule has 120 valence electrons. The van der Waals surface area contributed by atoms with Crippen LogP contribution in [-0.4, -0.2) is 36.3 Å². The Hall–Kier alpha value is -2.21. The summed E-state index contributed by atoms with van der Waals surface area (Å²) in [5.41, 5.74) is 1.61. The van der Waals surface area contributed by atoms with E-state index in [0.29, 0.717) is 22.7 Å². The van der Waals surface area contributed by atoms with Crippen LogP contribution in [0, 0.1) is 5.41 Å². The fraction of sp³-hybridized carbons (Fsp3) is 0.471. The van der Waals surface area contributed by atoms with Gasteiger partial charge in [0.2, 0.25) is 11.7 Å². The van der Waals surface area contributed by atoms with Gasteiger partial charge in [-0.05, 0) is 49.9 Å². The third-order valence-electron chi connectivity index (χ3n) is 5.07. The van der Waals surface area contributed by atoms with E-state index in [-0.39, 0.29) is 5.97 Å². The average molecular weight is 313 g/mol. The molecule has 2 fully saturated rings. The Morgan fingerprint density at radius 2 is 2.22 bits per heavy atom. The molecule has 2 heterocycles. The Balaban J connectivity index is 1.56. The Labute approximate surface area is 134 Å². The number of carbonyl (C=O) groups excluding carboxylic acids is 1. The molecule has 1 saturated carbocycles. The predicted molar refractivity (Wildman–Crippen MR) is 83.0 cm³/mol. The summed E-state index contributed by atoms with van der Waals surface area (Å²) >= 11 is 0. The molecule has 1 aromatic carbocycles. The van der Waals surface area contributed by atoms with E-state index in [4.69, 9.17) is 9.26 Å². The van der Waals surface area contributed by atoms with Gasteiger partial charge < -0.3 is 14.6 Å². The van der Waals surface area contributed by atoms with E-state index in [1.807, 2.05) is 6.07 Å². The number of benzene rings is 1. The van der Waals surface area contributed by atoms with Gasteiger partial charge in [0, 0.05) is 11.5 Å². The first-order valence-electron chi connectivity index (χ1n) is 7.95. The number of hydrogen-bond acceptors (Lipinski definition) is 6. The number of nitrogens with zero attached hydrogens (tertiary/aromatic N) is 2. The molecule has 2 aliphatic rings. The van der Waals surface area contributed by atoms with Crippen LogP contribution < -0.4 is 5.32 Å². The smallest absolute Gasteiger partial charge is 0.337 e. The maximum absolute atomic E-state index is 11.6. The van der Waals surface area contributed by atoms with Crippen molar-refractivity contribution >= 4 is 5.97 Å². The predicted octanol–water partition coefficient (Wildman–Crippen LogP) is 2.38. The molecule has 2 aromatic rings. The topological polar surface area (TPSA) is 77.2 Å². The summed E-state index contributed by atoms with van der Waals surface area (Å²) in [5, 5.41) is 7.49. The molecule has 1 unspecified atom stereocenters. The normalized spacial score (nSPS) is 22.0. The quantitative estimate of drug-likeness (QED) is 0.877. The zero-order valence-electron chi connectivity index (χ0n) is 13.0. The lowest BCUT2D eigenvalue weighted by atomic mass is 9.92. The first kappa shape index (κ1) is 14.4. The number of methoxy groups -OCH3 is 1. The number of esters is 1. The standard InChI is InChI=1S/C17H19N3O3/c1-22-16(21)12-4-2-3-11(9-12)14-19-15(23-20-14)13-10-17(13)5-7-18-8-6-17/h2-4,9,13,18H,5-8,10H2,1H3. The maximum atomic E-state index is 11.6. The van der Waals surface area contributed by atoms with Crippen molar-refractivity contribution in [1.29, 1.82) is 0 Å². The number of hydrogen-bond donors (Lipinski definition) is 1. The van der Waals surface area contributed by atoms with Crippen molar-refractivity contribution in [1.82, 2.24) is 15.5 Å². The van der Waals surface area contributed by atoms with Gasteiger partial charge in [0.1, 0.15) is 0 Å². The minimum absolute atomic E-state index is 0.364. The summed E-state index contributed by atoms with van der Waals surface area (Å²) < 4.78 is 10.2. The maximum Gasteiger partial charge on any atom is 0.337 e. The zero-order valence-corrected chi connectivity index (χ0v) is 13.0. The number of aromatic nitrogens is 2. The van der Waals surface area contributed by atoms with Gasteiger partial charge >= 0.3 is 5.97 Å². The van der Waals surface area contributed by atoms with Crippen LogP contribution in [0.2, 0.25) is 0 Å². The van der Waals surface area contributed by atoms with E-state index in [0.717, 1.165) is 31.0 Å². The summed E-state index contributed by atoms with van der Waals surface area (Å²) in [6, 6.07) is 7.10. The number of rotatable bonds is 3. The van der Waals surface area contributed by atoms with Crippen molar-refractivity contribution in [3.05, 3.63) is 35.7 Å². The molecule has 0 bridgehead atoms. The molecule has 1 aliphatic heterocycles. The molecule has 0 radical (unpaired) electrons. The van der Waals surface area contributed by atoms with Crippen molar-refractivity contribution in [2.75, 3.05) is 20.2 Å². The van der Waals surface area contributed by atoms with Crippen LogP contribution in [0.4, 0.5) is 0 Å². The van der Waals surface area contributed by atoms with Crippen molar-refractivity contribution in [2.24, 2.45) is 5.41 Å². The number of ether oxygens (including phenoxy) is 1. The lowest BCUT2D eigenvalue weighted by molar-refractivity contribution is 0.0601. The van der Waals surface area contributed by atoms with E-state index in [2.05, 4.69) is 15.5 Å². The van der Waals surface area contributed by atoms with Gasteiger partial charge in [-0.25, -0.2) is 4.79 Å². The third kappa shape index (κ3) is 2.53. The van der Waals surface area contributed by atoms with Gasteiger partial charge in [-0.1, -0.05) is 17.3 Å². The summed E-state index contributed by atoms with van der Waals surface area (Å²) in [4.78, 5) is 16.2. The minimum atomic E-state index is -0.369. The van der Waals surface area contributed by atoms with Crippen LogP contribution in [0.1, 0.15) is 41.4 Å².